The number of halogens is 2. The van der Waals surface area contributed by atoms with E-state index in [-0.39, 0.29) is 5.91 Å². The fraction of sp³-hybridized carbons (Fsp3) is 0.235. The summed E-state index contributed by atoms with van der Waals surface area (Å²) >= 11 is 12.0. The Bertz CT molecular complexity index is 734. The van der Waals surface area contributed by atoms with Gasteiger partial charge < -0.3 is 5.32 Å². The van der Waals surface area contributed by atoms with Crippen molar-refractivity contribution in [2.24, 2.45) is 0 Å². The van der Waals surface area contributed by atoms with E-state index in [0.29, 0.717) is 34.3 Å². The molecule has 2 aromatic rings. The van der Waals surface area contributed by atoms with E-state index in [0.717, 1.165) is 11.1 Å². The van der Waals surface area contributed by atoms with Gasteiger partial charge in [-0.05, 0) is 41.8 Å². The molecule has 0 spiro atoms. The van der Waals surface area contributed by atoms with E-state index >= 15 is 0 Å². The maximum atomic E-state index is 12.2. The lowest BCUT2D eigenvalue weighted by atomic mass is 10.1. The zero-order chi connectivity index (χ0) is 16.8. The molecule has 0 radical (unpaired) electrons. The molecule has 122 valence electrons. The van der Waals surface area contributed by atoms with E-state index in [1.54, 1.807) is 36.6 Å². The zero-order valence-corrected chi connectivity index (χ0v) is 15.0. The standard InChI is InChI=1S/C17H17Cl2NO2S/c1-23(22)11-12-3-2-4-14(9-12)17(21)20-8-7-13-5-6-15(18)10-16(13)19/h2-6,9-10H,7-8,11H2,1H3,(H,20,21). The molecule has 0 heterocycles. The Morgan fingerprint density at radius 3 is 2.65 bits per heavy atom. The van der Waals surface area contributed by atoms with E-state index in [4.69, 9.17) is 23.2 Å². The summed E-state index contributed by atoms with van der Waals surface area (Å²) in [6.45, 7) is 0.476. The van der Waals surface area contributed by atoms with Crippen molar-refractivity contribution in [1.82, 2.24) is 5.32 Å². The fourth-order valence-electron chi connectivity index (χ4n) is 2.17. The number of hydrogen-bond donors (Lipinski definition) is 1. The lowest BCUT2D eigenvalue weighted by molar-refractivity contribution is 0.0954. The number of nitrogens with one attached hydrogen (secondary N) is 1. The molecular weight excluding hydrogens is 353 g/mol. The first-order chi connectivity index (χ1) is 11.0. The van der Waals surface area contributed by atoms with Crippen molar-refractivity contribution < 1.29 is 9.00 Å². The maximum Gasteiger partial charge on any atom is 0.251 e. The summed E-state index contributed by atoms with van der Waals surface area (Å²) in [6.07, 6.45) is 2.27. The smallest absolute Gasteiger partial charge is 0.251 e. The van der Waals surface area contributed by atoms with Gasteiger partial charge in [0.15, 0.2) is 0 Å². The minimum absolute atomic E-state index is 0.154. The summed E-state index contributed by atoms with van der Waals surface area (Å²) in [5.74, 6) is 0.292. The minimum atomic E-state index is -0.930. The van der Waals surface area contributed by atoms with E-state index in [9.17, 15) is 9.00 Å². The van der Waals surface area contributed by atoms with Crippen molar-refractivity contribution in [3.05, 3.63) is 69.2 Å². The predicted octanol–water partition coefficient (Wildman–Crippen LogP) is 3.84. The number of rotatable bonds is 6. The van der Waals surface area contributed by atoms with Crippen LogP contribution in [0.4, 0.5) is 0 Å². The summed E-state index contributed by atoms with van der Waals surface area (Å²) in [6, 6.07) is 12.5. The molecule has 1 N–H and O–H groups in total. The van der Waals surface area contributed by atoms with Gasteiger partial charge in [-0.3, -0.25) is 9.00 Å². The molecule has 2 aromatic carbocycles. The molecule has 23 heavy (non-hydrogen) atoms. The van der Waals surface area contributed by atoms with Crippen molar-refractivity contribution in [3.63, 3.8) is 0 Å². The number of carbonyl (C=O) groups is 1. The largest absolute Gasteiger partial charge is 0.352 e. The van der Waals surface area contributed by atoms with Crippen LogP contribution in [0.2, 0.25) is 10.0 Å². The lowest BCUT2D eigenvalue weighted by Gasteiger charge is -2.08. The summed E-state index contributed by atoms with van der Waals surface area (Å²) < 4.78 is 11.3. The molecule has 1 unspecified atom stereocenters. The summed E-state index contributed by atoms with van der Waals surface area (Å²) in [7, 11) is -0.930. The molecule has 0 aliphatic carbocycles. The van der Waals surface area contributed by atoms with E-state index in [1.807, 2.05) is 12.1 Å². The second-order valence-electron chi connectivity index (χ2n) is 5.16. The molecule has 2 rings (SSSR count). The highest BCUT2D eigenvalue weighted by Gasteiger charge is 2.07. The van der Waals surface area contributed by atoms with Crippen LogP contribution in [0.1, 0.15) is 21.5 Å². The first-order valence-electron chi connectivity index (χ1n) is 7.07. The molecule has 0 saturated carbocycles. The fourth-order valence-corrected chi connectivity index (χ4v) is 3.33. The van der Waals surface area contributed by atoms with Gasteiger partial charge in [-0.2, -0.15) is 0 Å². The average molecular weight is 370 g/mol. The Kier molecular flexibility index (Phi) is 6.63. The van der Waals surface area contributed by atoms with Gasteiger partial charge in [-0.1, -0.05) is 41.4 Å². The second kappa shape index (κ2) is 8.48. The van der Waals surface area contributed by atoms with Crippen LogP contribution in [0.25, 0.3) is 0 Å². The number of amides is 1. The Morgan fingerprint density at radius 1 is 1.17 bits per heavy atom. The van der Waals surface area contributed by atoms with Gasteiger partial charge in [0.25, 0.3) is 5.91 Å². The van der Waals surface area contributed by atoms with Crippen molar-refractivity contribution in [2.45, 2.75) is 12.2 Å². The van der Waals surface area contributed by atoms with Crippen molar-refractivity contribution in [2.75, 3.05) is 12.8 Å². The Balaban J connectivity index is 1.93. The minimum Gasteiger partial charge on any atom is -0.352 e. The Morgan fingerprint density at radius 2 is 1.96 bits per heavy atom. The third kappa shape index (κ3) is 5.65. The highest BCUT2D eigenvalue weighted by Crippen LogP contribution is 2.21. The number of benzene rings is 2. The molecule has 0 aliphatic rings. The third-order valence-electron chi connectivity index (χ3n) is 3.25. The Labute approximate surface area is 148 Å². The van der Waals surface area contributed by atoms with Crippen LogP contribution >= 0.6 is 23.2 Å². The molecule has 0 saturated heterocycles. The maximum absolute atomic E-state index is 12.2. The van der Waals surface area contributed by atoms with Gasteiger partial charge in [0.2, 0.25) is 0 Å². The van der Waals surface area contributed by atoms with Crippen molar-refractivity contribution >= 4 is 39.9 Å². The van der Waals surface area contributed by atoms with Crippen LogP contribution in [0.3, 0.4) is 0 Å². The van der Waals surface area contributed by atoms with Crippen molar-refractivity contribution in [1.29, 1.82) is 0 Å². The van der Waals surface area contributed by atoms with Crippen LogP contribution < -0.4 is 5.32 Å². The van der Waals surface area contributed by atoms with Crippen LogP contribution in [0.15, 0.2) is 42.5 Å². The molecule has 0 bridgehead atoms. The van der Waals surface area contributed by atoms with Crippen LogP contribution in [0.5, 0.6) is 0 Å². The SMILES string of the molecule is CS(=O)Cc1cccc(C(=O)NCCc2ccc(Cl)cc2Cl)c1. The van der Waals surface area contributed by atoms with E-state index in [2.05, 4.69) is 5.32 Å². The predicted molar refractivity (Wildman–Crippen MR) is 96.7 cm³/mol. The lowest BCUT2D eigenvalue weighted by Crippen LogP contribution is -2.25. The average Bonchev–Trinajstić information content (AvgIpc) is 2.49. The number of hydrogen-bond acceptors (Lipinski definition) is 2. The first-order valence-corrected chi connectivity index (χ1v) is 9.55. The third-order valence-corrected chi connectivity index (χ3v) is 4.58. The zero-order valence-electron chi connectivity index (χ0n) is 12.6. The van der Waals surface area contributed by atoms with Gasteiger partial charge in [0, 0.05) is 45.0 Å². The monoisotopic (exact) mass is 369 g/mol. The summed E-state index contributed by atoms with van der Waals surface area (Å²) in [4.78, 5) is 12.2. The highest BCUT2D eigenvalue weighted by molar-refractivity contribution is 7.83. The number of carbonyl (C=O) groups excluding carboxylic acids is 1. The van der Waals surface area contributed by atoms with Crippen LogP contribution in [-0.4, -0.2) is 22.9 Å². The highest BCUT2D eigenvalue weighted by atomic mass is 35.5. The summed E-state index contributed by atoms with van der Waals surface area (Å²) in [5.41, 5.74) is 2.39. The first kappa shape index (κ1) is 18.0. The molecule has 6 heteroatoms. The van der Waals surface area contributed by atoms with Gasteiger partial charge in [0.05, 0.1) is 0 Å². The van der Waals surface area contributed by atoms with Gasteiger partial charge in [-0.15, -0.1) is 0 Å². The van der Waals surface area contributed by atoms with Gasteiger partial charge in [-0.25, -0.2) is 0 Å². The van der Waals surface area contributed by atoms with Gasteiger partial charge >= 0.3 is 0 Å². The van der Waals surface area contributed by atoms with E-state index in [1.165, 1.54) is 0 Å². The molecular formula is C17H17Cl2NO2S. The molecule has 0 aliphatic heterocycles. The quantitative estimate of drug-likeness (QED) is 0.840. The molecule has 3 nitrogen and oxygen atoms in total. The normalized spacial score (nSPS) is 12.0. The topological polar surface area (TPSA) is 46.2 Å². The molecule has 1 amide bonds. The molecule has 1 atom stereocenters. The van der Waals surface area contributed by atoms with Crippen LogP contribution in [0, 0.1) is 0 Å². The summed E-state index contributed by atoms with van der Waals surface area (Å²) in [5, 5.41) is 4.05. The second-order valence-corrected chi connectivity index (χ2v) is 7.44. The van der Waals surface area contributed by atoms with Crippen molar-refractivity contribution in [3.8, 4) is 0 Å². The molecule has 0 fully saturated rings. The Hall–Kier alpha value is -1.36. The van der Waals surface area contributed by atoms with Crippen LogP contribution in [-0.2, 0) is 23.0 Å². The molecule has 0 aromatic heterocycles. The van der Waals surface area contributed by atoms with E-state index < -0.39 is 10.8 Å². The van der Waals surface area contributed by atoms with Gasteiger partial charge in [0.1, 0.15) is 0 Å².